The molecule has 4 N–H and O–H groups in total. The molecule has 1 unspecified atom stereocenters. The Morgan fingerprint density at radius 1 is 1.41 bits per heavy atom. The van der Waals surface area contributed by atoms with E-state index in [0.29, 0.717) is 18.1 Å². The largest absolute Gasteiger partial charge is 0.360 e. The molecule has 124 valence electrons. The van der Waals surface area contributed by atoms with E-state index in [1.807, 2.05) is 20.8 Å². The fourth-order valence-corrected chi connectivity index (χ4v) is 2.24. The van der Waals surface area contributed by atoms with Gasteiger partial charge in [0.1, 0.15) is 5.76 Å². The van der Waals surface area contributed by atoms with E-state index in [-0.39, 0.29) is 29.2 Å². The van der Waals surface area contributed by atoms with Crippen molar-refractivity contribution in [2.24, 2.45) is 11.7 Å². The van der Waals surface area contributed by atoms with Crippen molar-refractivity contribution in [2.45, 2.75) is 33.2 Å². The Kier molecular flexibility index (Phi) is 6.89. The lowest BCUT2D eigenvalue weighted by atomic mass is 9.88. The van der Waals surface area contributed by atoms with Crippen LogP contribution >= 0.6 is 11.8 Å². The lowest BCUT2D eigenvalue weighted by Gasteiger charge is -2.33. The summed E-state index contributed by atoms with van der Waals surface area (Å²) in [5.41, 5.74) is 5.29. The summed E-state index contributed by atoms with van der Waals surface area (Å²) in [5.74, 6) is 1.24. The van der Waals surface area contributed by atoms with Gasteiger partial charge in [-0.05, 0) is 19.8 Å². The molecular formula is C14H24N4O3S. The molecule has 0 saturated carbocycles. The van der Waals surface area contributed by atoms with Gasteiger partial charge in [-0.1, -0.05) is 19.0 Å². The molecule has 0 aliphatic rings. The number of rotatable bonds is 8. The van der Waals surface area contributed by atoms with E-state index in [2.05, 4.69) is 15.8 Å². The average molecular weight is 328 g/mol. The van der Waals surface area contributed by atoms with Crippen LogP contribution in [0.4, 0.5) is 5.82 Å². The van der Waals surface area contributed by atoms with Gasteiger partial charge in [0.2, 0.25) is 11.8 Å². The van der Waals surface area contributed by atoms with E-state index in [0.717, 1.165) is 0 Å². The molecule has 0 spiro atoms. The second-order valence-corrected chi connectivity index (χ2v) is 6.67. The molecule has 8 heteroatoms. The number of nitrogens with two attached hydrogens (primary N) is 1. The van der Waals surface area contributed by atoms with Gasteiger partial charge in [-0.3, -0.25) is 9.59 Å². The summed E-state index contributed by atoms with van der Waals surface area (Å²) < 4.78 is 4.85. The first kappa shape index (κ1) is 18.5. The maximum absolute atomic E-state index is 11.9. The summed E-state index contributed by atoms with van der Waals surface area (Å²) in [4.78, 5) is 23.6. The topological polar surface area (TPSA) is 110 Å². The molecule has 0 aliphatic carbocycles. The van der Waals surface area contributed by atoms with Crippen LogP contribution in [-0.4, -0.2) is 40.6 Å². The summed E-state index contributed by atoms with van der Waals surface area (Å²) in [7, 11) is 0. The molecule has 1 atom stereocenters. The number of nitrogens with one attached hydrogen (secondary N) is 2. The summed E-state index contributed by atoms with van der Waals surface area (Å²) >= 11 is 1.24. The van der Waals surface area contributed by atoms with Crippen LogP contribution in [0.2, 0.25) is 0 Å². The maximum atomic E-state index is 11.9. The molecule has 1 heterocycles. The zero-order valence-corrected chi connectivity index (χ0v) is 14.3. The number of aryl methyl sites for hydroxylation is 1. The number of thioether (sulfide) groups is 1. The Morgan fingerprint density at radius 3 is 2.55 bits per heavy atom. The van der Waals surface area contributed by atoms with Crippen LogP contribution < -0.4 is 16.4 Å². The van der Waals surface area contributed by atoms with Crippen LogP contribution in [0.25, 0.3) is 0 Å². The molecule has 2 amide bonds. The Labute approximate surface area is 134 Å². The van der Waals surface area contributed by atoms with Gasteiger partial charge in [0, 0.05) is 12.6 Å². The fourth-order valence-electron chi connectivity index (χ4n) is 1.63. The number of anilines is 1. The standard InChI is InChI=1S/C14H24N4O3S/c1-9(2)14(4,8-15)17-13(20)7-22-6-12(19)16-11-5-10(3)21-18-11/h5,9H,6-8,15H2,1-4H3,(H,17,20)(H,16,18,19). The molecule has 0 bridgehead atoms. The first-order valence-electron chi connectivity index (χ1n) is 7.09. The lowest BCUT2D eigenvalue weighted by Crippen LogP contribution is -2.55. The highest BCUT2D eigenvalue weighted by Crippen LogP contribution is 2.15. The van der Waals surface area contributed by atoms with Gasteiger partial charge in [-0.15, -0.1) is 11.8 Å². The second kappa shape index (κ2) is 8.19. The summed E-state index contributed by atoms with van der Waals surface area (Å²) in [6.45, 7) is 8.04. The van der Waals surface area contributed by atoms with Crippen molar-refractivity contribution in [3.63, 3.8) is 0 Å². The molecule has 1 rings (SSSR count). The number of hydrogen-bond acceptors (Lipinski definition) is 6. The Morgan fingerprint density at radius 2 is 2.05 bits per heavy atom. The van der Waals surface area contributed by atoms with Crippen LogP contribution in [0.1, 0.15) is 26.5 Å². The maximum Gasteiger partial charge on any atom is 0.235 e. The van der Waals surface area contributed by atoms with Crippen molar-refractivity contribution in [2.75, 3.05) is 23.4 Å². The van der Waals surface area contributed by atoms with Crippen LogP contribution in [0.3, 0.4) is 0 Å². The normalized spacial score (nSPS) is 13.7. The van der Waals surface area contributed by atoms with E-state index < -0.39 is 5.54 Å². The third-order valence-corrected chi connectivity index (χ3v) is 4.42. The number of nitrogens with zero attached hydrogens (tertiary/aromatic N) is 1. The van der Waals surface area contributed by atoms with E-state index in [1.54, 1.807) is 13.0 Å². The predicted molar refractivity (Wildman–Crippen MR) is 87.6 cm³/mol. The monoisotopic (exact) mass is 328 g/mol. The van der Waals surface area contributed by atoms with Gasteiger partial charge in [0.05, 0.1) is 17.0 Å². The first-order valence-corrected chi connectivity index (χ1v) is 8.24. The van der Waals surface area contributed by atoms with Gasteiger partial charge in [-0.25, -0.2) is 0 Å². The minimum atomic E-state index is -0.432. The Hall–Kier alpha value is -1.54. The van der Waals surface area contributed by atoms with Gasteiger partial charge in [0.25, 0.3) is 0 Å². The molecule has 22 heavy (non-hydrogen) atoms. The number of hydrogen-bond donors (Lipinski definition) is 3. The highest BCUT2D eigenvalue weighted by atomic mass is 32.2. The molecule has 0 aliphatic heterocycles. The number of carbonyl (C=O) groups excluding carboxylic acids is 2. The molecule has 7 nitrogen and oxygen atoms in total. The van der Waals surface area contributed by atoms with Gasteiger partial charge in [0.15, 0.2) is 5.82 Å². The molecule has 0 fully saturated rings. The number of aromatic nitrogens is 1. The van der Waals surface area contributed by atoms with Gasteiger partial charge < -0.3 is 20.9 Å². The number of amides is 2. The van der Waals surface area contributed by atoms with Gasteiger partial charge in [-0.2, -0.15) is 0 Å². The quantitative estimate of drug-likeness (QED) is 0.660. The van der Waals surface area contributed by atoms with Crippen LogP contribution in [0.15, 0.2) is 10.6 Å². The van der Waals surface area contributed by atoms with Crippen molar-refractivity contribution in [1.82, 2.24) is 10.5 Å². The van der Waals surface area contributed by atoms with E-state index >= 15 is 0 Å². The fraction of sp³-hybridized carbons (Fsp3) is 0.643. The third-order valence-electron chi connectivity index (χ3n) is 3.49. The molecule has 1 aromatic heterocycles. The molecule has 0 radical (unpaired) electrons. The minimum absolute atomic E-state index is 0.128. The lowest BCUT2D eigenvalue weighted by molar-refractivity contribution is -0.120. The third kappa shape index (κ3) is 5.69. The van der Waals surface area contributed by atoms with E-state index in [9.17, 15) is 9.59 Å². The first-order chi connectivity index (χ1) is 10.3. The molecule has 0 saturated heterocycles. The average Bonchev–Trinajstić information content (AvgIpc) is 2.83. The summed E-state index contributed by atoms with van der Waals surface area (Å²) in [6.07, 6.45) is 0. The van der Waals surface area contributed by atoms with Crippen molar-refractivity contribution in [3.8, 4) is 0 Å². The predicted octanol–water partition coefficient (Wildman–Crippen LogP) is 1.14. The molecule has 1 aromatic rings. The summed E-state index contributed by atoms with van der Waals surface area (Å²) in [6, 6.07) is 1.63. The number of carbonyl (C=O) groups is 2. The highest BCUT2D eigenvalue weighted by Gasteiger charge is 2.28. The van der Waals surface area contributed by atoms with Crippen LogP contribution in [0.5, 0.6) is 0 Å². The van der Waals surface area contributed by atoms with Crippen molar-refractivity contribution in [1.29, 1.82) is 0 Å². The second-order valence-electron chi connectivity index (χ2n) is 5.69. The Bertz CT molecular complexity index is 518. The highest BCUT2D eigenvalue weighted by molar-refractivity contribution is 8.00. The Balaban J connectivity index is 2.31. The SMILES string of the molecule is Cc1cc(NC(=O)CSCC(=O)NC(C)(CN)C(C)C)no1. The van der Waals surface area contributed by atoms with Crippen molar-refractivity contribution >= 4 is 29.4 Å². The van der Waals surface area contributed by atoms with E-state index in [4.69, 9.17) is 10.3 Å². The van der Waals surface area contributed by atoms with Gasteiger partial charge >= 0.3 is 0 Å². The zero-order valence-electron chi connectivity index (χ0n) is 13.4. The smallest absolute Gasteiger partial charge is 0.235 e. The van der Waals surface area contributed by atoms with Crippen molar-refractivity contribution < 1.29 is 14.1 Å². The van der Waals surface area contributed by atoms with E-state index in [1.165, 1.54) is 11.8 Å². The zero-order chi connectivity index (χ0) is 16.8. The van der Waals surface area contributed by atoms with Crippen LogP contribution in [0, 0.1) is 12.8 Å². The molecular weight excluding hydrogens is 304 g/mol. The van der Waals surface area contributed by atoms with Crippen molar-refractivity contribution in [3.05, 3.63) is 11.8 Å². The summed E-state index contributed by atoms with van der Waals surface area (Å²) in [5, 5.41) is 9.19. The molecule has 0 aromatic carbocycles. The minimum Gasteiger partial charge on any atom is -0.360 e. The van der Waals surface area contributed by atoms with Crippen LogP contribution in [-0.2, 0) is 9.59 Å².